The monoisotopic (exact) mass is 248 g/mol. The molecular formula is C16H28N2. The highest BCUT2D eigenvalue weighted by Gasteiger charge is 2.39. The molecule has 0 bridgehead atoms. The highest BCUT2D eigenvalue weighted by Crippen LogP contribution is 2.42. The van der Waals surface area contributed by atoms with Gasteiger partial charge >= 0.3 is 0 Å². The number of hydrogen-bond donors (Lipinski definition) is 2. The zero-order valence-electron chi connectivity index (χ0n) is 12.3. The van der Waals surface area contributed by atoms with E-state index in [0.717, 1.165) is 19.6 Å². The van der Waals surface area contributed by atoms with Crippen molar-refractivity contribution in [3.05, 3.63) is 35.6 Å². The number of nitrogens with one attached hydrogen (secondary N) is 2. The third-order valence-corrected chi connectivity index (χ3v) is 3.71. The molecule has 0 amide bonds. The normalized spacial score (nSPS) is 22.4. The van der Waals surface area contributed by atoms with E-state index in [1.807, 2.05) is 13.8 Å². The second-order valence-corrected chi connectivity index (χ2v) is 4.71. The first-order valence-corrected chi connectivity index (χ1v) is 7.27. The Hall–Kier alpha value is -1.02. The minimum atomic E-state index is 0.382. The average molecular weight is 248 g/mol. The van der Waals surface area contributed by atoms with Crippen molar-refractivity contribution in [3.63, 3.8) is 0 Å². The Morgan fingerprint density at radius 3 is 2.17 bits per heavy atom. The lowest BCUT2D eigenvalue weighted by Crippen LogP contribution is -2.39. The van der Waals surface area contributed by atoms with E-state index in [9.17, 15) is 0 Å². The van der Waals surface area contributed by atoms with Crippen LogP contribution in [0.3, 0.4) is 0 Å². The van der Waals surface area contributed by atoms with E-state index in [1.165, 1.54) is 24.1 Å². The van der Waals surface area contributed by atoms with Gasteiger partial charge in [-0.1, -0.05) is 32.1 Å². The molecule has 0 aromatic carbocycles. The van der Waals surface area contributed by atoms with Gasteiger partial charge in [0.15, 0.2) is 0 Å². The molecule has 2 nitrogen and oxygen atoms in total. The molecule has 0 atom stereocenters. The molecule has 1 saturated heterocycles. The van der Waals surface area contributed by atoms with Crippen LogP contribution in [0.2, 0.25) is 0 Å². The number of piperidine rings is 1. The Labute approximate surface area is 112 Å². The first-order chi connectivity index (χ1) is 8.82. The lowest BCUT2D eigenvalue weighted by Gasteiger charge is -2.34. The fourth-order valence-corrected chi connectivity index (χ4v) is 2.84. The molecule has 2 N–H and O–H groups in total. The second kappa shape index (κ2) is 7.42. The molecule has 2 heterocycles. The minimum Gasteiger partial charge on any atom is -0.384 e. The molecule has 0 aromatic rings. The second-order valence-electron chi connectivity index (χ2n) is 4.71. The molecule has 2 aliphatic rings. The molecule has 102 valence electrons. The first-order valence-electron chi connectivity index (χ1n) is 7.27. The van der Waals surface area contributed by atoms with E-state index in [-0.39, 0.29) is 0 Å². The van der Waals surface area contributed by atoms with Gasteiger partial charge in [-0.25, -0.2) is 0 Å². The maximum absolute atomic E-state index is 3.57. The van der Waals surface area contributed by atoms with Crippen molar-refractivity contribution in [1.82, 2.24) is 10.6 Å². The average Bonchev–Trinajstić information content (AvgIpc) is 2.73. The first kappa shape index (κ1) is 15.0. The van der Waals surface area contributed by atoms with Crippen LogP contribution in [0.1, 0.15) is 40.5 Å². The maximum atomic E-state index is 3.57. The largest absolute Gasteiger partial charge is 0.384 e. The van der Waals surface area contributed by atoms with E-state index in [1.54, 1.807) is 0 Å². The Bertz CT molecular complexity index is 331. The molecule has 2 heteroatoms. The van der Waals surface area contributed by atoms with Crippen LogP contribution in [-0.4, -0.2) is 19.6 Å². The van der Waals surface area contributed by atoms with Gasteiger partial charge in [0.05, 0.1) is 0 Å². The number of rotatable bonds is 2. The van der Waals surface area contributed by atoms with Gasteiger partial charge in [-0.05, 0) is 51.4 Å². The predicted octanol–water partition coefficient (Wildman–Crippen LogP) is 3.39. The fraction of sp³-hybridized carbons (Fsp3) is 0.625. The third kappa shape index (κ3) is 3.05. The van der Waals surface area contributed by atoms with E-state index in [2.05, 4.69) is 48.8 Å². The molecule has 2 aliphatic heterocycles. The third-order valence-electron chi connectivity index (χ3n) is 3.71. The number of hydrogen-bond acceptors (Lipinski definition) is 2. The highest BCUT2D eigenvalue weighted by atomic mass is 15.0. The van der Waals surface area contributed by atoms with Gasteiger partial charge in [0, 0.05) is 17.7 Å². The summed E-state index contributed by atoms with van der Waals surface area (Å²) in [6.07, 6.45) is 11.3. The van der Waals surface area contributed by atoms with E-state index < -0.39 is 0 Å². The Kier molecular flexibility index (Phi) is 6.20. The van der Waals surface area contributed by atoms with Crippen molar-refractivity contribution < 1.29 is 0 Å². The lowest BCUT2D eigenvalue weighted by atomic mass is 9.74. The van der Waals surface area contributed by atoms with Crippen LogP contribution < -0.4 is 10.6 Å². The van der Waals surface area contributed by atoms with Crippen molar-refractivity contribution in [3.8, 4) is 0 Å². The Balaban J connectivity index is 0.000000771. The molecule has 0 saturated carbocycles. The molecule has 0 radical (unpaired) electrons. The molecule has 2 rings (SSSR count). The van der Waals surface area contributed by atoms with Gasteiger partial charge in [0.25, 0.3) is 0 Å². The SMILES string of the molecule is C/C=C\C1=C(/C=C\C)C2(CCNCC2)CN1.CC. The van der Waals surface area contributed by atoms with Gasteiger partial charge in [0.2, 0.25) is 0 Å². The maximum Gasteiger partial charge on any atom is 0.0376 e. The van der Waals surface area contributed by atoms with Crippen LogP contribution >= 0.6 is 0 Å². The fourth-order valence-electron chi connectivity index (χ4n) is 2.84. The molecular weight excluding hydrogens is 220 g/mol. The summed E-state index contributed by atoms with van der Waals surface area (Å²) >= 11 is 0. The van der Waals surface area contributed by atoms with E-state index >= 15 is 0 Å². The van der Waals surface area contributed by atoms with Gasteiger partial charge in [-0.15, -0.1) is 0 Å². The van der Waals surface area contributed by atoms with Crippen LogP contribution in [-0.2, 0) is 0 Å². The topological polar surface area (TPSA) is 24.1 Å². The lowest BCUT2D eigenvalue weighted by molar-refractivity contribution is 0.273. The predicted molar refractivity (Wildman–Crippen MR) is 80.5 cm³/mol. The van der Waals surface area contributed by atoms with Crippen molar-refractivity contribution in [1.29, 1.82) is 0 Å². The van der Waals surface area contributed by atoms with E-state index in [4.69, 9.17) is 0 Å². The molecule has 0 unspecified atom stereocenters. The molecule has 1 spiro atoms. The minimum absolute atomic E-state index is 0.382. The molecule has 0 aliphatic carbocycles. The summed E-state index contributed by atoms with van der Waals surface area (Å²) in [5.74, 6) is 0. The summed E-state index contributed by atoms with van der Waals surface area (Å²) in [7, 11) is 0. The van der Waals surface area contributed by atoms with Crippen LogP contribution in [0.4, 0.5) is 0 Å². The smallest absolute Gasteiger partial charge is 0.0376 e. The summed E-state index contributed by atoms with van der Waals surface area (Å²) in [5.41, 5.74) is 3.21. The van der Waals surface area contributed by atoms with Crippen molar-refractivity contribution in [2.24, 2.45) is 5.41 Å². The zero-order valence-corrected chi connectivity index (χ0v) is 12.3. The molecule has 1 fully saturated rings. The summed E-state index contributed by atoms with van der Waals surface area (Å²) in [6, 6.07) is 0. The molecule has 18 heavy (non-hydrogen) atoms. The summed E-state index contributed by atoms with van der Waals surface area (Å²) < 4.78 is 0. The van der Waals surface area contributed by atoms with Crippen LogP contribution in [0.5, 0.6) is 0 Å². The van der Waals surface area contributed by atoms with Gasteiger partial charge in [-0.2, -0.15) is 0 Å². The number of allylic oxidation sites excluding steroid dienone is 4. The van der Waals surface area contributed by atoms with Crippen molar-refractivity contribution >= 4 is 0 Å². The van der Waals surface area contributed by atoms with Gasteiger partial charge in [0.1, 0.15) is 0 Å². The van der Waals surface area contributed by atoms with Crippen LogP contribution in [0.25, 0.3) is 0 Å². The quantitative estimate of drug-likeness (QED) is 0.782. The summed E-state index contributed by atoms with van der Waals surface area (Å²) in [6.45, 7) is 11.6. The highest BCUT2D eigenvalue weighted by molar-refractivity contribution is 5.42. The van der Waals surface area contributed by atoms with Crippen molar-refractivity contribution in [2.45, 2.75) is 40.5 Å². The summed E-state index contributed by atoms with van der Waals surface area (Å²) in [4.78, 5) is 0. The zero-order chi connectivity index (χ0) is 13.4. The van der Waals surface area contributed by atoms with Gasteiger partial charge < -0.3 is 10.6 Å². The van der Waals surface area contributed by atoms with Crippen molar-refractivity contribution in [2.75, 3.05) is 19.6 Å². The van der Waals surface area contributed by atoms with Crippen LogP contribution in [0, 0.1) is 5.41 Å². The standard InChI is InChI=1S/C14H22N2.C2H6/c1-3-5-12-13(6-4-2)16-11-14(12)7-9-15-10-8-14;1-2/h3-6,15-16H,7-11H2,1-2H3;1-2H3/b5-3-,6-4-;. The summed E-state index contributed by atoms with van der Waals surface area (Å²) in [5, 5.41) is 7.02. The Morgan fingerprint density at radius 2 is 1.61 bits per heavy atom. The molecule has 0 aromatic heterocycles. The van der Waals surface area contributed by atoms with E-state index in [0.29, 0.717) is 5.41 Å². The van der Waals surface area contributed by atoms with Crippen LogP contribution in [0.15, 0.2) is 35.6 Å². The van der Waals surface area contributed by atoms with Gasteiger partial charge in [-0.3, -0.25) is 0 Å². The Morgan fingerprint density at radius 1 is 1.00 bits per heavy atom.